The first kappa shape index (κ1) is 25.8. The summed E-state index contributed by atoms with van der Waals surface area (Å²) >= 11 is 0. The van der Waals surface area contributed by atoms with Crippen molar-refractivity contribution in [1.29, 1.82) is 0 Å². The van der Waals surface area contributed by atoms with E-state index in [0.717, 1.165) is 0 Å². The summed E-state index contributed by atoms with van der Waals surface area (Å²) in [4.78, 5) is 8.56. The molecule has 0 saturated heterocycles. The van der Waals surface area contributed by atoms with Gasteiger partial charge < -0.3 is 15.7 Å². The zero-order valence-electron chi connectivity index (χ0n) is 2.71. The molecule has 0 heterocycles. The summed E-state index contributed by atoms with van der Waals surface area (Å²) < 4.78 is 0. The van der Waals surface area contributed by atoms with Crippen LogP contribution in [0.15, 0.2) is 0 Å². The normalized spacial score (nSPS) is 3.43. The molecule has 4 nitrogen and oxygen atoms in total. The predicted molar refractivity (Wildman–Crippen MR) is 22.8 cm³/mol. The Morgan fingerprint density at radius 3 is 1.29 bits per heavy atom. The first-order valence-electron chi connectivity index (χ1n) is 0.651. The van der Waals surface area contributed by atoms with Gasteiger partial charge in [-0.05, 0) is 0 Å². The van der Waals surface area contributed by atoms with Gasteiger partial charge >= 0.3 is 29.2 Å². The number of hydrogen-bond donors (Lipinski definition) is 2. The van der Waals surface area contributed by atoms with Crippen LogP contribution in [-0.4, -0.2) is 44.9 Å². The van der Waals surface area contributed by atoms with Crippen molar-refractivity contribution in [3.8, 4) is 0 Å². The smallest absolute Gasteiger partial charge is 0.450 e. The van der Waals surface area contributed by atoms with Gasteiger partial charge in [0, 0.05) is 17.4 Å². The summed E-state index contributed by atoms with van der Waals surface area (Å²) in [6.45, 7) is 0. The van der Waals surface area contributed by atoms with Crippen molar-refractivity contribution in [3.63, 3.8) is 0 Å². The van der Waals surface area contributed by atoms with Crippen LogP contribution in [0.2, 0.25) is 0 Å². The van der Waals surface area contributed by atoms with Crippen LogP contribution in [0.5, 0.6) is 0 Å². The predicted octanol–water partition coefficient (Wildman–Crippen LogP) is -1.52. The van der Waals surface area contributed by atoms with E-state index in [4.69, 9.17) is 15.0 Å². The zero-order valence-corrected chi connectivity index (χ0v) is 3.99. The summed E-state index contributed by atoms with van der Waals surface area (Å²) in [7, 11) is 0. The third kappa shape index (κ3) is 479. The SMILES string of the molecule is O.O=C(O)O.[Cr].[MgH2]. The van der Waals surface area contributed by atoms with E-state index in [9.17, 15) is 0 Å². The number of hydrogen-bond acceptors (Lipinski definition) is 1. The Kier molecular flexibility index (Phi) is 59.0. The third-order valence-electron chi connectivity index (χ3n) is 0. The largest absolute Gasteiger partial charge is 0.503 e. The molecule has 7 heavy (non-hydrogen) atoms. The van der Waals surface area contributed by atoms with Crippen LogP contribution < -0.4 is 0 Å². The van der Waals surface area contributed by atoms with Crippen molar-refractivity contribution in [2.24, 2.45) is 0 Å². The fraction of sp³-hybridized carbons (Fsp3) is 0. The minimum atomic E-state index is -1.83. The van der Waals surface area contributed by atoms with Crippen LogP contribution in [0.4, 0.5) is 4.79 Å². The van der Waals surface area contributed by atoms with Crippen LogP contribution in [0.25, 0.3) is 0 Å². The van der Waals surface area contributed by atoms with Gasteiger partial charge in [-0.3, -0.25) is 0 Å². The second-order valence-electron chi connectivity index (χ2n) is 0.283. The maximum absolute atomic E-state index is 8.56. The quantitative estimate of drug-likeness (QED) is 0.420. The average Bonchev–Trinajstić information content (AvgIpc) is 0.811. The summed E-state index contributed by atoms with van der Waals surface area (Å²) in [5.74, 6) is 0. The molecule has 0 unspecified atom stereocenters. The topological polar surface area (TPSA) is 89.0 Å². The molecule has 42 valence electrons. The molecule has 0 bridgehead atoms. The van der Waals surface area contributed by atoms with E-state index in [-0.39, 0.29) is 45.9 Å². The number of rotatable bonds is 0. The van der Waals surface area contributed by atoms with Crippen molar-refractivity contribution in [2.75, 3.05) is 0 Å². The van der Waals surface area contributed by atoms with Gasteiger partial charge in [-0.25, -0.2) is 4.79 Å². The summed E-state index contributed by atoms with van der Waals surface area (Å²) in [6, 6.07) is 0. The second-order valence-corrected chi connectivity index (χ2v) is 0.283. The minimum absolute atomic E-state index is 0. The monoisotopic (exact) mass is 158 g/mol. The van der Waals surface area contributed by atoms with Crippen LogP contribution in [0, 0.1) is 0 Å². The van der Waals surface area contributed by atoms with E-state index < -0.39 is 6.16 Å². The molecule has 0 aliphatic carbocycles. The van der Waals surface area contributed by atoms with Gasteiger partial charge in [0.1, 0.15) is 0 Å². The van der Waals surface area contributed by atoms with E-state index in [1.54, 1.807) is 0 Å². The van der Waals surface area contributed by atoms with Crippen molar-refractivity contribution in [3.05, 3.63) is 0 Å². The average molecular weight is 158 g/mol. The molecule has 4 N–H and O–H groups in total. The minimum Gasteiger partial charge on any atom is -0.450 e. The Bertz CT molecular complexity index is 34.7. The Morgan fingerprint density at radius 2 is 1.29 bits per heavy atom. The molecule has 0 saturated carbocycles. The summed E-state index contributed by atoms with van der Waals surface area (Å²) in [6.07, 6.45) is -1.83. The molecular weight excluding hydrogens is 152 g/mol. The molecule has 0 amide bonds. The molecule has 0 aliphatic rings. The zero-order chi connectivity index (χ0) is 3.58. The third-order valence-corrected chi connectivity index (χ3v) is 0. The van der Waals surface area contributed by atoms with Crippen LogP contribution >= 0.6 is 0 Å². The Labute approximate surface area is 67.1 Å². The second kappa shape index (κ2) is 16.0. The fourth-order valence-corrected chi connectivity index (χ4v) is 0. The van der Waals surface area contributed by atoms with E-state index in [2.05, 4.69) is 0 Å². The maximum Gasteiger partial charge on any atom is 0.503 e. The molecule has 0 rings (SSSR count). The molecule has 6 heteroatoms. The van der Waals surface area contributed by atoms with E-state index >= 15 is 0 Å². The first-order chi connectivity index (χ1) is 1.73. The molecule has 0 fully saturated rings. The first-order valence-corrected chi connectivity index (χ1v) is 0.651. The van der Waals surface area contributed by atoms with E-state index in [0.29, 0.717) is 0 Å². The van der Waals surface area contributed by atoms with Crippen molar-refractivity contribution in [2.45, 2.75) is 0 Å². The van der Waals surface area contributed by atoms with E-state index in [1.165, 1.54) is 0 Å². The van der Waals surface area contributed by atoms with Gasteiger partial charge in [0.15, 0.2) is 0 Å². The molecule has 0 radical (unpaired) electrons. The number of carbonyl (C=O) groups is 1. The molecule has 0 spiro atoms. The van der Waals surface area contributed by atoms with Crippen LogP contribution in [-0.2, 0) is 17.4 Å². The molecular formula is CH6CrMgO4. The standard InChI is InChI=1S/CH2O3.Cr.Mg.H2O.2H/c2-1(3)4;;;;;/h(H2,2,3,4);;;1H2;;. The van der Waals surface area contributed by atoms with Gasteiger partial charge in [-0.2, -0.15) is 0 Å². The summed E-state index contributed by atoms with van der Waals surface area (Å²) in [5.41, 5.74) is 0. The molecule has 0 aromatic rings. The molecule has 0 aliphatic heterocycles. The summed E-state index contributed by atoms with van der Waals surface area (Å²) in [5, 5.41) is 13.9. The van der Waals surface area contributed by atoms with Crippen molar-refractivity contribution in [1.82, 2.24) is 0 Å². The maximum atomic E-state index is 8.56. The molecule has 0 aromatic heterocycles. The van der Waals surface area contributed by atoms with Gasteiger partial charge in [-0.1, -0.05) is 0 Å². The van der Waals surface area contributed by atoms with Gasteiger partial charge in [0.25, 0.3) is 0 Å². The van der Waals surface area contributed by atoms with Crippen LogP contribution in [0.3, 0.4) is 0 Å². The fourth-order valence-electron chi connectivity index (χ4n) is 0. The van der Waals surface area contributed by atoms with Gasteiger partial charge in [0.2, 0.25) is 0 Å². The molecule has 0 aromatic carbocycles. The Morgan fingerprint density at radius 1 is 1.29 bits per heavy atom. The Hall–Kier alpha value is 0.529. The van der Waals surface area contributed by atoms with E-state index in [1.807, 2.05) is 0 Å². The molecule has 0 atom stereocenters. The van der Waals surface area contributed by atoms with Crippen molar-refractivity contribution < 1.29 is 37.8 Å². The van der Waals surface area contributed by atoms with Crippen molar-refractivity contribution >= 4 is 29.2 Å². The van der Waals surface area contributed by atoms with Crippen LogP contribution in [0.1, 0.15) is 0 Å². The van der Waals surface area contributed by atoms with Gasteiger partial charge in [0.05, 0.1) is 0 Å². The number of carboxylic acid groups (broad SMARTS) is 2. The van der Waals surface area contributed by atoms with Gasteiger partial charge in [-0.15, -0.1) is 0 Å². The Balaban J connectivity index is -0.0000000150.